The van der Waals surface area contributed by atoms with Crippen molar-refractivity contribution in [3.63, 3.8) is 0 Å². The summed E-state index contributed by atoms with van der Waals surface area (Å²) in [6, 6.07) is 11.7. The first-order valence-corrected chi connectivity index (χ1v) is 6.93. The van der Waals surface area contributed by atoms with Crippen LogP contribution < -0.4 is 5.32 Å². The van der Waals surface area contributed by atoms with E-state index < -0.39 is 17.9 Å². The van der Waals surface area contributed by atoms with Crippen molar-refractivity contribution in [3.8, 4) is 6.07 Å². The van der Waals surface area contributed by atoms with Crippen molar-refractivity contribution in [1.29, 1.82) is 5.26 Å². The summed E-state index contributed by atoms with van der Waals surface area (Å²) in [5.41, 5.74) is 0.439. The molecule has 1 amide bonds. The van der Waals surface area contributed by atoms with Crippen LogP contribution in [0.3, 0.4) is 0 Å². The van der Waals surface area contributed by atoms with E-state index in [1.54, 1.807) is 20.8 Å². The molecule has 0 aliphatic heterocycles. The number of rotatable bonds is 6. The van der Waals surface area contributed by atoms with Crippen LogP contribution in [0.2, 0.25) is 0 Å². The number of carbonyl (C=O) groups is 1. The van der Waals surface area contributed by atoms with Gasteiger partial charge in [-0.05, 0) is 26.3 Å². The Balaban J connectivity index is 2.51. The minimum Gasteiger partial charge on any atom is -0.444 e. The van der Waals surface area contributed by atoms with Crippen molar-refractivity contribution >= 4 is 6.09 Å². The average molecular weight is 290 g/mol. The fourth-order valence-corrected chi connectivity index (χ4v) is 1.60. The van der Waals surface area contributed by atoms with Gasteiger partial charge in [-0.2, -0.15) is 5.26 Å². The van der Waals surface area contributed by atoms with E-state index in [0.717, 1.165) is 5.56 Å². The molecule has 0 spiro atoms. The van der Waals surface area contributed by atoms with Gasteiger partial charge in [0, 0.05) is 12.8 Å². The van der Waals surface area contributed by atoms with Gasteiger partial charge in [0.25, 0.3) is 0 Å². The topological polar surface area (TPSA) is 71.3 Å². The lowest BCUT2D eigenvalue weighted by Crippen LogP contribution is -2.40. The van der Waals surface area contributed by atoms with Crippen molar-refractivity contribution in [2.24, 2.45) is 0 Å². The molecule has 1 aromatic carbocycles. The average Bonchev–Trinajstić information content (AvgIpc) is 2.41. The number of amides is 1. The number of hydrogen-bond donors (Lipinski definition) is 1. The van der Waals surface area contributed by atoms with E-state index in [-0.39, 0.29) is 0 Å². The molecule has 5 nitrogen and oxygen atoms in total. The summed E-state index contributed by atoms with van der Waals surface area (Å²) < 4.78 is 10.8. The summed E-state index contributed by atoms with van der Waals surface area (Å²) in [6.45, 7) is 5.75. The number of nitrogens with zero attached hydrogens (tertiary/aromatic N) is 1. The molecule has 1 aromatic rings. The third kappa shape index (κ3) is 7.95. The Morgan fingerprint density at radius 1 is 1.33 bits per heavy atom. The van der Waals surface area contributed by atoms with Crippen molar-refractivity contribution in [3.05, 3.63) is 35.9 Å². The van der Waals surface area contributed by atoms with Gasteiger partial charge >= 0.3 is 6.09 Å². The van der Waals surface area contributed by atoms with Crippen molar-refractivity contribution in [2.75, 3.05) is 0 Å². The fraction of sp³-hybridized carbons (Fsp3) is 0.500. The molecule has 1 rings (SSSR count). The Kier molecular flexibility index (Phi) is 6.70. The van der Waals surface area contributed by atoms with Gasteiger partial charge in [0.2, 0.25) is 0 Å². The molecule has 114 valence electrons. The monoisotopic (exact) mass is 290 g/mol. The number of ether oxygens (including phenoxy) is 2. The highest BCUT2D eigenvalue weighted by Gasteiger charge is 2.19. The van der Waals surface area contributed by atoms with E-state index >= 15 is 0 Å². The lowest BCUT2D eigenvalue weighted by atomic mass is 10.2. The van der Waals surface area contributed by atoms with E-state index in [9.17, 15) is 4.79 Å². The second kappa shape index (κ2) is 8.28. The molecule has 1 unspecified atom stereocenters. The molecular weight excluding hydrogens is 268 g/mol. The summed E-state index contributed by atoms with van der Waals surface area (Å²) >= 11 is 0. The van der Waals surface area contributed by atoms with Crippen molar-refractivity contribution < 1.29 is 14.3 Å². The van der Waals surface area contributed by atoms with Crippen LogP contribution >= 0.6 is 0 Å². The molecule has 0 aromatic heterocycles. The highest BCUT2D eigenvalue weighted by molar-refractivity contribution is 5.67. The molecule has 0 bridgehead atoms. The van der Waals surface area contributed by atoms with Crippen LogP contribution in [0.15, 0.2) is 30.3 Å². The number of nitrogens with one attached hydrogen (secondary N) is 1. The standard InChI is InChI=1S/C16H22N2O3/c1-16(2,3)21-15(19)18-14(10-7-11-17)20-12-13-8-5-4-6-9-13/h4-6,8-9,14H,7,10,12H2,1-3H3,(H,18,19). The molecule has 0 radical (unpaired) electrons. The fourth-order valence-electron chi connectivity index (χ4n) is 1.60. The maximum atomic E-state index is 11.7. The van der Waals surface area contributed by atoms with Gasteiger partial charge in [-0.25, -0.2) is 4.79 Å². The highest BCUT2D eigenvalue weighted by atomic mass is 16.6. The molecule has 1 atom stereocenters. The zero-order valence-electron chi connectivity index (χ0n) is 12.8. The van der Waals surface area contributed by atoms with E-state index in [1.807, 2.05) is 36.4 Å². The maximum Gasteiger partial charge on any atom is 0.409 e. The lowest BCUT2D eigenvalue weighted by Gasteiger charge is -2.23. The maximum absolute atomic E-state index is 11.7. The summed E-state index contributed by atoms with van der Waals surface area (Å²) in [4.78, 5) is 11.7. The van der Waals surface area contributed by atoms with Crippen LogP contribution in [0.4, 0.5) is 4.79 Å². The van der Waals surface area contributed by atoms with Gasteiger partial charge in [0.05, 0.1) is 12.7 Å². The number of nitriles is 1. The van der Waals surface area contributed by atoms with E-state index in [4.69, 9.17) is 14.7 Å². The van der Waals surface area contributed by atoms with E-state index in [1.165, 1.54) is 0 Å². The predicted octanol–water partition coefficient (Wildman–Crippen LogP) is 3.36. The van der Waals surface area contributed by atoms with Crippen LogP contribution in [0.25, 0.3) is 0 Å². The molecule has 0 heterocycles. The van der Waals surface area contributed by atoms with Gasteiger partial charge in [-0.1, -0.05) is 30.3 Å². The van der Waals surface area contributed by atoms with Crippen LogP contribution in [0, 0.1) is 11.3 Å². The highest BCUT2D eigenvalue weighted by Crippen LogP contribution is 2.09. The Hall–Kier alpha value is -2.06. The van der Waals surface area contributed by atoms with Gasteiger partial charge in [0.1, 0.15) is 11.8 Å². The lowest BCUT2D eigenvalue weighted by molar-refractivity contribution is -0.00423. The minimum absolute atomic E-state index is 0.301. The smallest absolute Gasteiger partial charge is 0.409 e. The van der Waals surface area contributed by atoms with Crippen molar-refractivity contribution in [1.82, 2.24) is 5.32 Å². The van der Waals surface area contributed by atoms with E-state index in [2.05, 4.69) is 5.32 Å². The van der Waals surface area contributed by atoms with Crippen LogP contribution in [0.5, 0.6) is 0 Å². The molecule has 0 aliphatic carbocycles. The van der Waals surface area contributed by atoms with E-state index in [0.29, 0.717) is 19.4 Å². The van der Waals surface area contributed by atoms with Crippen molar-refractivity contribution in [2.45, 2.75) is 52.0 Å². The molecule has 21 heavy (non-hydrogen) atoms. The summed E-state index contributed by atoms with van der Waals surface area (Å²) in [5, 5.41) is 11.3. The normalized spacial score (nSPS) is 12.3. The zero-order valence-corrected chi connectivity index (χ0v) is 12.8. The Bertz CT molecular complexity index is 475. The van der Waals surface area contributed by atoms with Crippen LogP contribution in [-0.2, 0) is 16.1 Å². The first kappa shape index (κ1) is 17.0. The molecule has 0 aliphatic rings. The largest absolute Gasteiger partial charge is 0.444 e. The second-order valence-electron chi connectivity index (χ2n) is 5.63. The summed E-state index contributed by atoms with van der Waals surface area (Å²) in [6.07, 6.45) is -0.365. The van der Waals surface area contributed by atoms with Gasteiger partial charge in [0.15, 0.2) is 0 Å². The quantitative estimate of drug-likeness (QED) is 0.815. The summed E-state index contributed by atoms with van der Waals surface area (Å²) in [5.74, 6) is 0. The first-order chi connectivity index (χ1) is 9.90. The molecular formula is C16H22N2O3. The van der Waals surface area contributed by atoms with Gasteiger partial charge in [-0.15, -0.1) is 0 Å². The number of hydrogen-bond acceptors (Lipinski definition) is 4. The molecule has 0 saturated carbocycles. The minimum atomic E-state index is -0.566. The number of benzene rings is 1. The molecule has 0 fully saturated rings. The Labute approximate surface area is 125 Å². The summed E-state index contributed by atoms with van der Waals surface area (Å²) in [7, 11) is 0. The Morgan fingerprint density at radius 3 is 2.57 bits per heavy atom. The third-order valence-electron chi connectivity index (χ3n) is 2.49. The molecule has 1 N–H and O–H groups in total. The van der Waals surface area contributed by atoms with Crippen LogP contribution in [-0.4, -0.2) is 17.9 Å². The second-order valence-corrected chi connectivity index (χ2v) is 5.63. The van der Waals surface area contributed by atoms with Gasteiger partial charge < -0.3 is 9.47 Å². The zero-order chi connectivity index (χ0) is 15.7. The molecule has 0 saturated heterocycles. The Morgan fingerprint density at radius 2 is 2.00 bits per heavy atom. The first-order valence-electron chi connectivity index (χ1n) is 6.93. The third-order valence-corrected chi connectivity index (χ3v) is 2.49. The predicted molar refractivity (Wildman–Crippen MR) is 79.2 cm³/mol. The number of alkyl carbamates (subject to hydrolysis) is 1. The van der Waals surface area contributed by atoms with Crippen LogP contribution in [0.1, 0.15) is 39.2 Å². The SMILES string of the molecule is CC(C)(C)OC(=O)NC(CCC#N)OCc1ccccc1. The number of carbonyl (C=O) groups excluding carboxylic acids is 1. The van der Waals surface area contributed by atoms with Gasteiger partial charge in [-0.3, -0.25) is 5.32 Å². The molecule has 5 heteroatoms.